The van der Waals surface area contributed by atoms with Gasteiger partial charge in [-0.05, 0) is 67.5 Å². The zero-order valence-electron chi connectivity index (χ0n) is 21.5. The summed E-state index contributed by atoms with van der Waals surface area (Å²) in [6.07, 6.45) is 2.46. The van der Waals surface area contributed by atoms with Crippen LogP contribution in [0.15, 0.2) is 53.6 Å². The number of nitrogens with zero attached hydrogens (tertiary/aromatic N) is 1. The highest BCUT2D eigenvalue weighted by atomic mass is 35.5. The highest BCUT2D eigenvalue weighted by Crippen LogP contribution is 2.49. The summed E-state index contributed by atoms with van der Waals surface area (Å²) in [7, 11) is -4.06. The predicted octanol–water partition coefficient (Wildman–Crippen LogP) is 6.20. The number of aliphatic hydroxyl groups is 1. The lowest BCUT2D eigenvalue weighted by Gasteiger charge is -2.47. The summed E-state index contributed by atoms with van der Waals surface area (Å²) in [4.78, 5) is 16.7. The number of rotatable bonds is 6. The SMILES string of the molecule is CCC1C[C@@H](S(=O)(=O)c2cc(C(=O)Nc3cc(F)c(F)c(F)c3)ccc2Cl)C[C@H](C)[C@@]1(O)c1ccnc(C)c1. The number of halogens is 4. The van der Waals surface area contributed by atoms with Gasteiger partial charge in [0.1, 0.15) is 0 Å². The molecule has 1 aliphatic rings. The number of carbonyl (C=O) groups is 1. The van der Waals surface area contributed by atoms with Crippen molar-refractivity contribution in [2.24, 2.45) is 11.8 Å². The van der Waals surface area contributed by atoms with Crippen LogP contribution in [0.5, 0.6) is 0 Å². The van der Waals surface area contributed by atoms with Crippen LogP contribution < -0.4 is 5.32 Å². The summed E-state index contributed by atoms with van der Waals surface area (Å²) in [6, 6.07) is 8.43. The van der Waals surface area contributed by atoms with Gasteiger partial charge in [-0.25, -0.2) is 21.6 Å². The molecule has 0 radical (unpaired) electrons. The summed E-state index contributed by atoms with van der Waals surface area (Å²) in [5.41, 5.74) is -0.281. The van der Waals surface area contributed by atoms with Crippen LogP contribution >= 0.6 is 11.6 Å². The Morgan fingerprint density at radius 3 is 2.41 bits per heavy atom. The number of nitrogens with one attached hydrogen (secondary N) is 1. The van der Waals surface area contributed by atoms with Gasteiger partial charge in [-0.2, -0.15) is 0 Å². The number of hydrogen-bond acceptors (Lipinski definition) is 5. The maximum atomic E-state index is 13.8. The first kappa shape index (κ1) is 29.0. The molecule has 1 heterocycles. The second kappa shape index (κ2) is 10.9. The summed E-state index contributed by atoms with van der Waals surface area (Å²) >= 11 is 6.29. The van der Waals surface area contributed by atoms with Crippen molar-refractivity contribution in [3.8, 4) is 0 Å². The zero-order valence-corrected chi connectivity index (χ0v) is 23.1. The van der Waals surface area contributed by atoms with Crippen LogP contribution in [-0.4, -0.2) is 29.7 Å². The monoisotopic (exact) mass is 580 g/mol. The molecule has 4 atom stereocenters. The smallest absolute Gasteiger partial charge is 0.255 e. The van der Waals surface area contributed by atoms with Gasteiger partial charge in [0.25, 0.3) is 5.91 Å². The highest BCUT2D eigenvalue weighted by Gasteiger charge is 2.50. The minimum absolute atomic E-state index is 0.0864. The van der Waals surface area contributed by atoms with E-state index in [-0.39, 0.29) is 39.9 Å². The molecule has 39 heavy (non-hydrogen) atoms. The standard InChI is InChI=1S/C28H28ClF3N2O4S/c1-4-18-12-21(9-15(2)28(18,36)19-7-8-33-16(3)10-19)39(37,38)25-11-17(5-6-22(25)29)27(35)34-20-13-23(30)26(32)24(31)14-20/h5-8,10-11,13-15,18,21,36H,4,9,12H2,1-3H3,(H,34,35)/t15-,18?,21-,28-/m0/s1. The van der Waals surface area contributed by atoms with Gasteiger partial charge in [0.15, 0.2) is 27.3 Å². The Kier molecular flexibility index (Phi) is 8.12. The second-order valence-corrected chi connectivity index (χ2v) is 12.6. The van der Waals surface area contributed by atoms with Crippen molar-refractivity contribution in [1.29, 1.82) is 0 Å². The third-order valence-electron chi connectivity index (χ3n) is 7.57. The van der Waals surface area contributed by atoms with Crippen LogP contribution in [-0.2, 0) is 15.4 Å². The molecule has 6 nitrogen and oxygen atoms in total. The number of amides is 1. The quantitative estimate of drug-likeness (QED) is 0.339. The fraction of sp³-hybridized carbons (Fsp3) is 0.357. The third kappa shape index (κ3) is 5.42. The maximum Gasteiger partial charge on any atom is 0.255 e. The average molecular weight is 581 g/mol. The van der Waals surface area contributed by atoms with Crippen molar-refractivity contribution < 1.29 is 31.5 Å². The van der Waals surface area contributed by atoms with Crippen LogP contribution in [0.4, 0.5) is 18.9 Å². The number of aromatic nitrogens is 1. The van der Waals surface area contributed by atoms with Gasteiger partial charge in [-0.3, -0.25) is 9.78 Å². The largest absolute Gasteiger partial charge is 0.385 e. The Bertz CT molecular complexity index is 1510. The van der Waals surface area contributed by atoms with Crippen molar-refractivity contribution in [2.75, 3.05) is 5.32 Å². The lowest BCUT2D eigenvalue weighted by molar-refractivity contribution is -0.0958. The van der Waals surface area contributed by atoms with Gasteiger partial charge < -0.3 is 10.4 Å². The molecule has 208 valence electrons. The molecule has 1 aromatic heterocycles. The van der Waals surface area contributed by atoms with Gasteiger partial charge in [-0.15, -0.1) is 0 Å². The van der Waals surface area contributed by atoms with Crippen LogP contribution in [0, 0.1) is 36.2 Å². The number of pyridine rings is 1. The third-order valence-corrected chi connectivity index (χ3v) is 10.2. The number of benzene rings is 2. The van der Waals surface area contributed by atoms with Crippen LogP contribution in [0.1, 0.15) is 54.7 Å². The Hall–Kier alpha value is -2.95. The molecule has 1 saturated carbocycles. The van der Waals surface area contributed by atoms with E-state index in [1.54, 1.807) is 12.3 Å². The zero-order chi connectivity index (χ0) is 28.7. The van der Waals surface area contributed by atoms with Crippen molar-refractivity contribution in [3.05, 3.63) is 88.0 Å². The van der Waals surface area contributed by atoms with E-state index < -0.39 is 50.0 Å². The number of hydrogen-bond donors (Lipinski definition) is 2. The van der Waals surface area contributed by atoms with Gasteiger partial charge in [0.2, 0.25) is 0 Å². The van der Waals surface area contributed by atoms with Crippen LogP contribution in [0.2, 0.25) is 5.02 Å². The van der Waals surface area contributed by atoms with E-state index >= 15 is 0 Å². The summed E-state index contributed by atoms with van der Waals surface area (Å²) in [5, 5.41) is 13.1. The van der Waals surface area contributed by atoms with Crippen LogP contribution in [0.25, 0.3) is 0 Å². The minimum Gasteiger partial charge on any atom is -0.385 e. The van der Waals surface area contributed by atoms with E-state index in [1.807, 2.05) is 26.8 Å². The van der Waals surface area contributed by atoms with Crippen molar-refractivity contribution >= 4 is 33.0 Å². The van der Waals surface area contributed by atoms with Crippen molar-refractivity contribution in [2.45, 2.75) is 55.8 Å². The summed E-state index contributed by atoms with van der Waals surface area (Å²) < 4.78 is 68.0. The molecule has 3 aromatic rings. The highest BCUT2D eigenvalue weighted by molar-refractivity contribution is 7.92. The molecular weight excluding hydrogens is 553 g/mol. The molecule has 2 aromatic carbocycles. The first-order valence-corrected chi connectivity index (χ1v) is 14.4. The molecule has 0 bridgehead atoms. The Labute approximate surface area is 230 Å². The van der Waals surface area contributed by atoms with Gasteiger partial charge in [0, 0.05) is 35.3 Å². The van der Waals surface area contributed by atoms with Gasteiger partial charge in [0.05, 0.1) is 20.8 Å². The lowest BCUT2D eigenvalue weighted by atomic mass is 9.65. The molecule has 0 aliphatic heterocycles. The molecule has 1 fully saturated rings. The maximum absolute atomic E-state index is 13.8. The molecule has 1 aliphatic carbocycles. The summed E-state index contributed by atoms with van der Waals surface area (Å²) in [5.74, 6) is -6.31. The van der Waals surface area contributed by atoms with E-state index in [9.17, 15) is 31.5 Å². The first-order chi connectivity index (χ1) is 18.3. The van der Waals surface area contributed by atoms with E-state index in [0.717, 1.165) is 11.8 Å². The number of carbonyl (C=O) groups excluding carboxylic acids is 1. The lowest BCUT2D eigenvalue weighted by Crippen LogP contribution is -2.49. The van der Waals surface area contributed by atoms with E-state index in [4.69, 9.17) is 11.6 Å². The summed E-state index contributed by atoms with van der Waals surface area (Å²) in [6.45, 7) is 5.53. The topological polar surface area (TPSA) is 96.4 Å². The first-order valence-electron chi connectivity index (χ1n) is 12.4. The average Bonchev–Trinajstić information content (AvgIpc) is 2.88. The van der Waals surface area contributed by atoms with Gasteiger partial charge in [-0.1, -0.05) is 31.9 Å². The Morgan fingerprint density at radius 1 is 1.13 bits per heavy atom. The van der Waals surface area contributed by atoms with Crippen LogP contribution in [0.3, 0.4) is 0 Å². The Balaban J connectivity index is 1.63. The van der Waals surface area contributed by atoms with E-state index in [1.165, 1.54) is 12.1 Å². The molecule has 11 heteroatoms. The fourth-order valence-corrected chi connectivity index (χ4v) is 7.95. The predicted molar refractivity (Wildman–Crippen MR) is 142 cm³/mol. The van der Waals surface area contributed by atoms with Crippen molar-refractivity contribution in [1.82, 2.24) is 4.98 Å². The molecular formula is C28H28ClF3N2O4S. The molecule has 0 spiro atoms. The number of anilines is 1. The van der Waals surface area contributed by atoms with E-state index in [0.29, 0.717) is 24.1 Å². The molecule has 2 N–H and O–H groups in total. The normalized spacial score (nSPS) is 23.4. The second-order valence-electron chi connectivity index (χ2n) is 10.0. The molecule has 1 amide bonds. The van der Waals surface area contributed by atoms with Crippen molar-refractivity contribution in [3.63, 3.8) is 0 Å². The number of aryl methyl sites for hydroxylation is 1. The molecule has 4 rings (SSSR count). The van der Waals surface area contributed by atoms with E-state index in [2.05, 4.69) is 10.3 Å². The molecule has 1 unspecified atom stereocenters. The minimum atomic E-state index is -4.06. The molecule has 0 saturated heterocycles. The van der Waals surface area contributed by atoms with Gasteiger partial charge >= 0.3 is 0 Å². The fourth-order valence-electron chi connectivity index (χ4n) is 5.49. The number of sulfone groups is 1. The Morgan fingerprint density at radius 2 is 1.79 bits per heavy atom.